The van der Waals surface area contributed by atoms with Gasteiger partial charge in [0.2, 0.25) is 5.91 Å². The molecule has 6 nitrogen and oxygen atoms in total. The van der Waals surface area contributed by atoms with Crippen LogP contribution in [0.1, 0.15) is 27.2 Å². The molecular weight excluding hydrogens is 402 g/mol. The first kappa shape index (κ1) is 20.1. The molecule has 0 fully saturated rings. The van der Waals surface area contributed by atoms with E-state index in [0.29, 0.717) is 16.3 Å². The molecule has 30 heavy (non-hydrogen) atoms. The Kier molecular flexibility index (Phi) is 5.79. The van der Waals surface area contributed by atoms with Crippen LogP contribution in [-0.2, 0) is 24.4 Å². The van der Waals surface area contributed by atoms with Crippen LogP contribution < -0.4 is 5.32 Å². The van der Waals surface area contributed by atoms with E-state index in [1.165, 1.54) is 0 Å². The summed E-state index contributed by atoms with van der Waals surface area (Å²) in [5.74, 6) is -0.547. The van der Waals surface area contributed by atoms with E-state index >= 15 is 0 Å². The predicted octanol–water partition coefficient (Wildman–Crippen LogP) is 3.43. The van der Waals surface area contributed by atoms with Gasteiger partial charge in [-0.15, -0.1) is 0 Å². The molecule has 2 aromatic carbocycles. The van der Waals surface area contributed by atoms with Crippen LogP contribution in [0.3, 0.4) is 0 Å². The fourth-order valence-corrected chi connectivity index (χ4v) is 3.68. The molecule has 1 atom stereocenters. The lowest BCUT2D eigenvalue weighted by Gasteiger charge is -2.28. The van der Waals surface area contributed by atoms with Crippen molar-refractivity contribution in [1.29, 1.82) is 0 Å². The summed E-state index contributed by atoms with van der Waals surface area (Å²) in [4.78, 5) is 32.5. The molecule has 1 aliphatic heterocycles. The molecule has 2 heterocycles. The number of pyridine rings is 1. The molecule has 0 saturated carbocycles. The van der Waals surface area contributed by atoms with Gasteiger partial charge in [-0.05, 0) is 41.5 Å². The predicted molar refractivity (Wildman–Crippen MR) is 114 cm³/mol. The molecule has 0 unspecified atom stereocenters. The fraction of sp³-hybridized carbons (Fsp3) is 0.174. The largest absolute Gasteiger partial charge is 0.392 e. The van der Waals surface area contributed by atoms with Gasteiger partial charge in [0.15, 0.2) is 0 Å². The number of hydrogen-bond acceptors (Lipinski definition) is 4. The highest BCUT2D eigenvalue weighted by atomic mass is 35.5. The van der Waals surface area contributed by atoms with Gasteiger partial charge in [0.05, 0.1) is 17.9 Å². The first-order valence-electron chi connectivity index (χ1n) is 9.55. The number of nitrogens with zero attached hydrogens (tertiary/aromatic N) is 2. The number of carbonyl (C=O) groups excluding carboxylic acids is 2. The number of aromatic nitrogens is 1. The van der Waals surface area contributed by atoms with Crippen molar-refractivity contribution in [3.63, 3.8) is 0 Å². The average molecular weight is 422 g/mol. The Bertz CT molecular complexity index is 1070. The highest BCUT2D eigenvalue weighted by Gasteiger charge is 2.35. The number of benzene rings is 2. The van der Waals surface area contributed by atoms with Gasteiger partial charge in [-0.1, -0.05) is 41.9 Å². The van der Waals surface area contributed by atoms with Gasteiger partial charge < -0.3 is 15.3 Å². The van der Waals surface area contributed by atoms with Crippen molar-refractivity contribution in [2.24, 2.45) is 0 Å². The third kappa shape index (κ3) is 4.20. The van der Waals surface area contributed by atoms with Crippen molar-refractivity contribution >= 4 is 29.1 Å². The van der Waals surface area contributed by atoms with E-state index in [0.717, 1.165) is 16.8 Å². The van der Waals surface area contributed by atoms with Crippen molar-refractivity contribution in [2.75, 3.05) is 5.32 Å². The Labute approximate surface area is 179 Å². The molecule has 0 saturated heterocycles. The highest BCUT2D eigenvalue weighted by Crippen LogP contribution is 2.28. The molecule has 1 aromatic heterocycles. The standard InChI is InChI=1S/C23H20ClN3O3/c24-17-8-9-19-20(11-17)26-22(29)21(12-18-3-1-2-10-25-18)27(23(19)30)13-15-4-6-16(14-28)7-5-15/h1-11,21,28H,12-14H2,(H,26,29)/t21-/m1/s1. The summed E-state index contributed by atoms with van der Waals surface area (Å²) >= 11 is 6.08. The molecule has 0 radical (unpaired) electrons. The Morgan fingerprint density at radius 1 is 1.03 bits per heavy atom. The Balaban J connectivity index is 1.73. The number of hydrogen-bond donors (Lipinski definition) is 2. The SMILES string of the molecule is O=C1Nc2cc(Cl)ccc2C(=O)N(Cc2ccc(CO)cc2)[C@@H]1Cc1ccccn1. The van der Waals surface area contributed by atoms with Crippen LogP contribution >= 0.6 is 11.6 Å². The maximum atomic E-state index is 13.5. The van der Waals surface area contributed by atoms with E-state index in [4.69, 9.17) is 11.6 Å². The molecule has 2 amide bonds. The molecule has 3 aromatic rings. The van der Waals surface area contributed by atoms with E-state index in [1.54, 1.807) is 47.5 Å². The van der Waals surface area contributed by atoms with Crippen LogP contribution in [0.25, 0.3) is 0 Å². The molecule has 4 rings (SSSR count). The van der Waals surface area contributed by atoms with Crippen LogP contribution in [0, 0.1) is 0 Å². The van der Waals surface area contributed by atoms with Crippen LogP contribution in [0.15, 0.2) is 66.9 Å². The number of aliphatic hydroxyl groups is 1. The summed E-state index contributed by atoms with van der Waals surface area (Å²) in [5.41, 5.74) is 3.15. The minimum absolute atomic E-state index is 0.0538. The van der Waals surface area contributed by atoms with Crippen molar-refractivity contribution in [1.82, 2.24) is 9.88 Å². The normalized spacial score (nSPS) is 16.1. The molecule has 7 heteroatoms. The number of fused-ring (bicyclic) bond motifs is 1. The molecule has 0 spiro atoms. The lowest BCUT2D eigenvalue weighted by atomic mass is 10.1. The number of nitrogens with one attached hydrogen (secondary N) is 1. The van der Waals surface area contributed by atoms with Crippen LogP contribution in [0.5, 0.6) is 0 Å². The molecule has 2 N–H and O–H groups in total. The van der Waals surface area contributed by atoms with Crippen LogP contribution in [0.2, 0.25) is 5.02 Å². The lowest BCUT2D eigenvalue weighted by Crippen LogP contribution is -2.46. The van der Waals surface area contributed by atoms with Gasteiger partial charge >= 0.3 is 0 Å². The highest BCUT2D eigenvalue weighted by molar-refractivity contribution is 6.31. The summed E-state index contributed by atoms with van der Waals surface area (Å²) in [7, 11) is 0. The first-order valence-corrected chi connectivity index (χ1v) is 9.93. The summed E-state index contributed by atoms with van der Waals surface area (Å²) in [6.07, 6.45) is 1.95. The summed E-state index contributed by atoms with van der Waals surface area (Å²) in [5, 5.41) is 12.6. The molecule has 1 aliphatic rings. The van der Waals surface area contributed by atoms with Crippen molar-refractivity contribution in [2.45, 2.75) is 25.6 Å². The smallest absolute Gasteiger partial charge is 0.256 e. The van der Waals surface area contributed by atoms with E-state index in [2.05, 4.69) is 10.3 Å². The third-order valence-electron chi connectivity index (χ3n) is 5.10. The second kappa shape index (κ2) is 8.65. The zero-order valence-corrected chi connectivity index (χ0v) is 16.8. The first-order chi connectivity index (χ1) is 14.5. The Morgan fingerprint density at radius 3 is 2.50 bits per heavy atom. The third-order valence-corrected chi connectivity index (χ3v) is 5.33. The summed E-state index contributed by atoms with van der Waals surface area (Å²) in [6.45, 7) is 0.194. The van der Waals surface area contributed by atoms with E-state index < -0.39 is 6.04 Å². The monoisotopic (exact) mass is 421 g/mol. The fourth-order valence-electron chi connectivity index (χ4n) is 3.51. The second-order valence-electron chi connectivity index (χ2n) is 7.13. The lowest BCUT2D eigenvalue weighted by molar-refractivity contribution is -0.120. The average Bonchev–Trinajstić information content (AvgIpc) is 2.85. The maximum absolute atomic E-state index is 13.5. The second-order valence-corrected chi connectivity index (χ2v) is 7.56. The van der Waals surface area contributed by atoms with E-state index in [1.807, 2.05) is 24.3 Å². The van der Waals surface area contributed by atoms with Crippen molar-refractivity contribution in [3.8, 4) is 0 Å². The number of amides is 2. The minimum Gasteiger partial charge on any atom is -0.392 e. The van der Waals surface area contributed by atoms with Gasteiger partial charge in [-0.2, -0.15) is 0 Å². The number of anilines is 1. The molecule has 152 valence electrons. The molecule has 0 bridgehead atoms. The maximum Gasteiger partial charge on any atom is 0.256 e. The van der Waals surface area contributed by atoms with Gasteiger partial charge in [0, 0.05) is 29.9 Å². The van der Waals surface area contributed by atoms with Gasteiger partial charge in [0.25, 0.3) is 5.91 Å². The van der Waals surface area contributed by atoms with Crippen LogP contribution in [-0.4, -0.2) is 32.8 Å². The minimum atomic E-state index is -0.740. The van der Waals surface area contributed by atoms with Gasteiger partial charge in [-0.25, -0.2) is 0 Å². The van der Waals surface area contributed by atoms with Gasteiger partial charge in [-0.3, -0.25) is 14.6 Å². The summed E-state index contributed by atoms with van der Waals surface area (Å²) < 4.78 is 0. The molecule has 0 aliphatic carbocycles. The van der Waals surface area contributed by atoms with E-state index in [-0.39, 0.29) is 31.4 Å². The quantitative estimate of drug-likeness (QED) is 0.661. The molecular formula is C23H20ClN3O3. The Morgan fingerprint density at radius 2 is 1.80 bits per heavy atom. The zero-order chi connectivity index (χ0) is 21.1. The van der Waals surface area contributed by atoms with Crippen molar-refractivity contribution < 1.29 is 14.7 Å². The van der Waals surface area contributed by atoms with Crippen LogP contribution in [0.4, 0.5) is 5.69 Å². The van der Waals surface area contributed by atoms with Crippen molar-refractivity contribution in [3.05, 3.63) is 94.3 Å². The number of halogens is 1. The zero-order valence-electron chi connectivity index (χ0n) is 16.1. The number of carbonyl (C=O) groups is 2. The Hall–Kier alpha value is -3.22. The van der Waals surface area contributed by atoms with E-state index in [9.17, 15) is 14.7 Å². The van der Waals surface area contributed by atoms with Gasteiger partial charge in [0.1, 0.15) is 6.04 Å². The topological polar surface area (TPSA) is 82.5 Å². The number of rotatable bonds is 5. The summed E-state index contributed by atoms with van der Waals surface area (Å²) in [6, 6.07) is 16.9. The number of aliphatic hydroxyl groups excluding tert-OH is 1.